The molecule has 0 heterocycles. The van der Waals surface area contributed by atoms with Crippen LogP contribution in [0.1, 0.15) is 121 Å². The Labute approximate surface area is 284 Å². The molecular formula is C42H59NO4. The molecule has 1 amide bonds. The third kappa shape index (κ3) is 13.3. The molecule has 2 unspecified atom stereocenters. The first-order chi connectivity index (χ1) is 22.8. The highest BCUT2D eigenvalue weighted by atomic mass is 16.6. The molecule has 2 N–H and O–H groups in total. The lowest BCUT2D eigenvalue weighted by Crippen LogP contribution is -2.49. The molecule has 2 atom stereocenters. The van der Waals surface area contributed by atoms with E-state index in [1.807, 2.05) is 81.4 Å². The summed E-state index contributed by atoms with van der Waals surface area (Å²) in [6.07, 6.45) is 17.4. The van der Waals surface area contributed by atoms with E-state index in [0.717, 1.165) is 29.5 Å². The SMILES string of the molecule is CCCCCCCCCCCCCC=CC(O)C(COC(c1ccccc1)(c1ccccc1)c1ccccc1)NC(=O)OC(C)(C)C. The van der Waals surface area contributed by atoms with Crippen molar-refractivity contribution in [3.05, 3.63) is 120 Å². The van der Waals surface area contributed by atoms with Crippen molar-refractivity contribution in [1.29, 1.82) is 0 Å². The Bertz CT molecular complexity index is 1170. The minimum Gasteiger partial charge on any atom is -0.444 e. The molecule has 0 saturated heterocycles. The second-order valence-corrected chi connectivity index (χ2v) is 13.6. The number of carbonyl (C=O) groups excluding carboxylic acids is 1. The molecule has 3 rings (SSSR count). The first-order valence-corrected chi connectivity index (χ1v) is 17.9. The van der Waals surface area contributed by atoms with E-state index in [9.17, 15) is 9.90 Å². The van der Waals surface area contributed by atoms with Crippen LogP contribution in [0.2, 0.25) is 0 Å². The number of aliphatic hydroxyl groups is 1. The monoisotopic (exact) mass is 641 g/mol. The van der Waals surface area contributed by atoms with Gasteiger partial charge in [0.25, 0.3) is 0 Å². The summed E-state index contributed by atoms with van der Waals surface area (Å²) in [5.41, 5.74) is 1.21. The molecule has 256 valence electrons. The van der Waals surface area contributed by atoms with Crippen molar-refractivity contribution < 1.29 is 19.4 Å². The van der Waals surface area contributed by atoms with Crippen molar-refractivity contribution in [3.63, 3.8) is 0 Å². The Morgan fingerprint density at radius 2 is 1.13 bits per heavy atom. The lowest BCUT2D eigenvalue weighted by molar-refractivity contribution is -0.0203. The average Bonchev–Trinajstić information content (AvgIpc) is 3.07. The summed E-state index contributed by atoms with van der Waals surface area (Å²) in [4.78, 5) is 13.0. The number of allylic oxidation sites excluding steroid dienone is 1. The number of alkyl carbamates (subject to hydrolysis) is 1. The van der Waals surface area contributed by atoms with E-state index in [4.69, 9.17) is 9.47 Å². The fourth-order valence-electron chi connectivity index (χ4n) is 5.96. The summed E-state index contributed by atoms with van der Waals surface area (Å²) in [6, 6.07) is 29.6. The van der Waals surface area contributed by atoms with Crippen molar-refractivity contribution in [2.24, 2.45) is 0 Å². The molecule has 5 nitrogen and oxygen atoms in total. The van der Waals surface area contributed by atoms with Crippen molar-refractivity contribution >= 4 is 6.09 Å². The van der Waals surface area contributed by atoms with Crippen LogP contribution in [0, 0.1) is 0 Å². The van der Waals surface area contributed by atoms with Gasteiger partial charge in [0.2, 0.25) is 0 Å². The van der Waals surface area contributed by atoms with Gasteiger partial charge in [-0.15, -0.1) is 0 Å². The summed E-state index contributed by atoms with van der Waals surface area (Å²) < 4.78 is 12.5. The van der Waals surface area contributed by atoms with Crippen LogP contribution >= 0.6 is 0 Å². The summed E-state index contributed by atoms with van der Waals surface area (Å²) in [7, 11) is 0. The minimum atomic E-state index is -0.976. The molecule has 0 spiro atoms. The first kappa shape index (κ1) is 38.0. The molecule has 0 bridgehead atoms. The van der Waals surface area contributed by atoms with Crippen LogP contribution in [0.15, 0.2) is 103 Å². The van der Waals surface area contributed by atoms with E-state index in [0.29, 0.717) is 0 Å². The molecule has 0 aromatic heterocycles. The van der Waals surface area contributed by atoms with Gasteiger partial charge in [0.05, 0.1) is 18.8 Å². The number of aliphatic hydroxyl groups excluding tert-OH is 1. The Morgan fingerprint density at radius 1 is 0.702 bits per heavy atom. The first-order valence-electron chi connectivity index (χ1n) is 17.9. The maximum absolute atomic E-state index is 13.0. The van der Waals surface area contributed by atoms with Gasteiger partial charge in [-0.1, -0.05) is 174 Å². The van der Waals surface area contributed by atoms with E-state index >= 15 is 0 Å². The van der Waals surface area contributed by atoms with E-state index in [2.05, 4.69) is 48.6 Å². The second-order valence-electron chi connectivity index (χ2n) is 13.6. The van der Waals surface area contributed by atoms with E-state index in [-0.39, 0.29) is 6.61 Å². The van der Waals surface area contributed by atoms with Gasteiger partial charge in [0, 0.05) is 0 Å². The minimum absolute atomic E-state index is 0.0435. The lowest BCUT2D eigenvalue weighted by atomic mass is 9.80. The third-order valence-corrected chi connectivity index (χ3v) is 8.44. The fourth-order valence-corrected chi connectivity index (χ4v) is 5.96. The Morgan fingerprint density at radius 3 is 1.55 bits per heavy atom. The Hall–Kier alpha value is -3.41. The van der Waals surface area contributed by atoms with Crippen LogP contribution in [0.4, 0.5) is 4.79 Å². The maximum atomic E-state index is 13.0. The second kappa shape index (κ2) is 20.7. The van der Waals surface area contributed by atoms with Gasteiger partial charge >= 0.3 is 6.09 Å². The molecule has 0 radical (unpaired) electrons. The zero-order valence-electron chi connectivity index (χ0n) is 29.3. The summed E-state index contributed by atoms with van der Waals surface area (Å²) in [5, 5.41) is 14.3. The maximum Gasteiger partial charge on any atom is 0.408 e. The van der Waals surface area contributed by atoms with Crippen LogP contribution in [0.5, 0.6) is 0 Å². The van der Waals surface area contributed by atoms with Gasteiger partial charge in [-0.25, -0.2) is 4.79 Å². The van der Waals surface area contributed by atoms with Crippen LogP contribution < -0.4 is 5.32 Å². The van der Waals surface area contributed by atoms with Gasteiger partial charge in [0.15, 0.2) is 0 Å². The number of amides is 1. The normalized spacial score (nSPS) is 13.4. The highest BCUT2D eigenvalue weighted by Crippen LogP contribution is 2.40. The topological polar surface area (TPSA) is 67.8 Å². The summed E-state index contributed by atoms with van der Waals surface area (Å²) >= 11 is 0. The van der Waals surface area contributed by atoms with Crippen LogP contribution in [0.3, 0.4) is 0 Å². The quantitative estimate of drug-likeness (QED) is 0.0690. The molecule has 0 aliphatic carbocycles. The third-order valence-electron chi connectivity index (χ3n) is 8.44. The van der Waals surface area contributed by atoms with Gasteiger partial charge in [0.1, 0.15) is 11.2 Å². The van der Waals surface area contributed by atoms with Crippen molar-refractivity contribution in [1.82, 2.24) is 5.32 Å². The zero-order chi connectivity index (χ0) is 33.8. The fraction of sp³-hybridized carbons (Fsp3) is 0.500. The van der Waals surface area contributed by atoms with Gasteiger partial charge in [-0.05, 0) is 50.3 Å². The molecule has 0 saturated carbocycles. The highest BCUT2D eigenvalue weighted by molar-refractivity contribution is 5.68. The highest BCUT2D eigenvalue weighted by Gasteiger charge is 2.39. The smallest absolute Gasteiger partial charge is 0.408 e. The number of rotatable bonds is 21. The number of unbranched alkanes of at least 4 members (excludes halogenated alkanes) is 11. The number of hydrogen-bond acceptors (Lipinski definition) is 4. The number of ether oxygens (including phenoxy) is 2. The van der Waals surface area contributed by atoms with E-state index in [1.54, 1.807) is 6.08 Å². The molecule has 0 fully saturated rings. The van der Waals surface area contributed by atoms with Crippen LogP contribution in [0.25, 0.3) is 0 Å². The van der Waals surface area contributed by atoms with Crippen LogP contribution in [-0.2, 0) is 15.1 Å². The van der Waals surface area contributed by atoms with Gasteiger partial charge in [-0.3, -0.25) is 0 Å². The molecule has 3 aromatic carbocycles. The summed E-state index contributed by atoms with van der Waals surface area (Å²) in [5.74, 6) is 0. The Balaban J connectivity index is 1.71. The van der Waals surface area contributed by atoms with Gasteiger partial charge in [-0.2, -0.15) is 0 Å². The summed E-state index contributed by atoms with van der Waals surface area (Å²) in [6.45, 7) is 7.79. The van der Waals surface area contributed by atoms with E-state index in [1.165, 1.54) is 64.2 Å². The Kier molecular flexibility index (Phi) is 16.8. The largest absolute Gasteiger partial charge is 0.444 e. The zero-order valence-corrected chi connectivity index (χ0v) is 29.3. The number of nitrogens with one attached hydrogen (secondary N) is 1. The van der Waals surface area contributed by atoms with Gasteiger partial charge < -0.3 is 19.9 Å². The molecule has 0 aliphatic rings. The molecular weight excluding hydrogens is 582 g/mol. The predicted octanol–water partition coefficient (Wildman–Crippen LogP) is 10.5. The number of carbonyl (C=O) groups is 1. The van der Waals surface area contributed by atoms with Crippen molar-refractivity contribution in [2.75, 3.05) is 6.61 Å². The molecule has 5 heteroatoms. The molecule has 0 aliphatic heterocycles. The molecule has 3 aromatic rings. The lowest BCUT2D eigenvalue weighted by Gasteiger charge is -2.37. The predicted molar refractivity (Wildman–Crippen MR) is 195 cm³/mol. The standard InChI is InChI=1S/C42H59NO4/c1-5-6-7-8-9-10-11-12-13-14-15-16-26-33-39(44)38(43-40(45)47-41(2,3)4)34-46-42(35-27-20-17-21-28-35,36-29-22-18-23-30-36)37-31-24-19-25-32-37/h17-33,38-39,44H,5-16,34H2,1-4H3,(H,43,45). The van der Waals surface area contributed by atoms with Crippen molar-refractivity contribution in [2.45, 2.75) is 128 Å². The number of hydrogen-bond donors (Lipinski definition) is 2. The van der Waals surface area contributed by atoms with Crippen LogP contribution in [-0.4, -0.2) is 35.6 Å². The van der Waals surface area contributed by atoms with E-state index < -0.39 is 29.4 Å². The van der Waals surface area contributed by atoms with Crippen molar-refractivity contribution in [3.8, 4) is 0 Å². The molecule has 47 heavy (non-hydrogen) atoms. The number of benzene rings is 3. The average molecular weight is 642 g/mol.